The Hall–Kier alpha value is -1.53. The van der Waals surface area contributed by atoms with Crippen molar-refractivity contribution in [1.29, 1.82) is 0 Å². The van der Waals surface area contributed by atoms with E-state index < -0.39 is 0 Å². The Morgan fingerprint density at radius 1 is 1.56 bits per heavy atom. The summed E-state index contributed by atoms with van der Waals surface area (Å²) in [5.41, 5.74) is 1.54. The third-order valence-electron chi connectivity index (χ3n) is 2.38. The fourth-order valence-electron chi connectivity index (χ4n) is 1.49. The zero-order chi connectivity index (χ0) is 12.0. The minimum Gasteiger partial charge on any atom is -0.506 e. The molecule has 0 fully saturated rings. The van der Waals surface area contributed by atoms with Crippen LogP contribution >= 0.6 is 0 Å². The Morgan fingerprint density at radius 2 is 2.31 bits per heavy atom. The van der Waals surface area contributed by atoms with Crippen LogP contribution < -0.4 is 5.32 Å². The second-order valence-electron chi connectivity index (χ2n) is 3.81. The molecule has 1 aromatic heterocycles. The van der Waals surface area contributed by atoms with E-state index in [4.69, 9.17) is 6.42 Å². The van der Waals surface area contributed by atoms with Crippen LogP contribution in [-0.2, 0) is 6.54 Å². The fourth-order valence-corrected chi connectivity index (χ4v) is 1.49. The van der Waals surface area contributed by atoms with Gasteiger partial charge in [0, 0.05) is 12.2 Å². The summed E-state index contributed by atoms with van der Waals surface area (Å²) < 4.78 is 0. The summed E-state index contributed by atoms with van der Waals surface area (Å²) in [5, 5.41) is 12.8. The van der Waals surface area contributed by atoms with Gasteiger partial charge in [0.05, 0.1) is 11.7 Å². The topological polar surface area (TPSA) is 45.2 Å². The normalized spacial score (nSPS) is 12.1. The average molecular weight is 218 g/mol. The number of rotatable bonds is 5. The molecule has 86 valence electrons. The fraction of sp³-hybridized carbons (Fsp3) is 0.462. The third kappa shape index (κ3) is 3.56. The molecule has 0 bridgehead atoms. The van der Waals surface area contributed by atoms with Gasteiger partial charge in [0.1, 0.15) is 5.75 Å². The SMILES string of the molecule is C#CC(CCC)NCc1nc(C)ccc1O. The standard InChI is InChI=1S/C13H18N2O/c1-4-6-11(5-2)14-9-12-13(16)8-7-10(3)15-12/h2,7-8,11,14,16H,4,6,9H2,1,3H3. The summed E-state index contributed by atoms with van der Waals surface area (Å²) in [6.45, 7) is 4.49. The lowest BCUT2D eigenvalue weighted by Crippen LogP contribution is -2.27. The lowest BCUT2D eigenvalue weighted by Gasteiger charge is -2.12. The van der Waals surface area contributed by atoms with Crippen molar-refractivity contribution in [3.63, 3.8) is 0 Å². The van der Waals surface area contributed by atoms with E-state index >= 15 is 0 Å². The lowest BCUT2D eigenvalue weighted by molar-refractivity contribution is 0.454. The van der Waals surface area contributed by atoms with Gasteiger partial charge < -0.3 is 5.11 Å². The molecule has 1 unspecified atom stereocenters. The highest BCUT2D eigenvalue weighted by Gasteiger charge is 2.06. The minimum atomic E-state index is 0.0479. The van der Waals surface area contributed by atoms with Crippen molar-refractivity contribution in [1.82, 2.24) is 10.3 Å². The molecule has 0 aliphatic carbocycles. The van der Waals surface area contributed by atoms with Crippen LogP contribution in [0.4, 0.5) is 0 Å². The van der Waals surface area contributed by atoms with Gasteiger partial charge in [-0.15, -0.1) is 6.42 Å². The van der Waals surface area contributed by atoms with Gasteiger partial charge in [0.25, 0.3) is 0 Å². The molecule has 0 amide bonds. The van der Waals surface area contributed by atoms with Crippen LogP contribution in [0.3, 0.4) is 0 Å². The molecule has 0 aliphatic heterocycles. The molecule has 0 aromatic carbocycles. The van der Waals surface area contributed by atoms with Gasteiger partial charge >= 0.3 is 0 Å². The molecule has 2 N–H and O–H groups in total. The van der Waals surface area contributed by atoms with Crippen molar-refractivity contribution in [2.45, 2.75) is 39.3 Å². The maximum absolute atomic E-state index is 9.60. The van der Waals surface area contributed by atoms with Crippen molar-refractivity contribution in [3.8, 4) is 18.1 Å². The van der Waals surface area contributed by atoms with E-state index in [0.29, 0.717) is 12.2 Å². The van der Waals surface area contributed by atoms with Crippen molar-refractivity contribution >= 4 is 0 Å². The lowest BCUT2D eigenvalue weighted by atomic mass is 10.1. The highest BCUT2D eigenvalue weighted by Crippen LogP contribution is 2.14. The number of terminal acetylenes is 1. The second kappa shape index (κ2) is 6.14. The summed E-state index contributed by atoms with van der Waals surface area (Å²) in [4.78, 5) is 4.26. The third-order valence-corrected chi connectivity index (χ3v) is 2.38. The number of aromatic hydroxyl groups is 1. The summed E-state index contributed by atoms with van der Waals surface area (Å²) in [7, 11) is 0. The predicted octanol–water partition coefficient (Wildman–Crippen LogP) is 1.99. The van der Waals surface area contributed by atoms with Crippen LogP contribution in [0, 0.1) is 19.3 Å². The van der Waals surface area contributed by atoms with Crippen LogP contribution in [-0.4, -0.2) is 16.1 Å². The first kappa shape index (κ1) is 12.5. The largest absolute Gasteiger partial charge is 0.506 e. The Labute approximate surface area is 96.9 Å². The number of aromatic nitrogens is 1. The van der Waals surface area contributed by atoms with E-state index in [0.717, 1.165) is 18.5 Å². The van der Waals surface area contributed by atoms with Gasteiger partial charge in [-0.25, -0.2) is 0 Å². The maximum Gasteiger partial charge on any atom is 0.138 e. The van der Waals surface area contributed by atoms with E-state index in [1.165, 1.54) is 0 Å². The Balaban J connectivity index is 2.60. The maximum atomic E-state index is 9.60. The van der Waals surface area contributed by atoms with Crippen molar-refractivity contribution in [3.05, 3.63) is 23.5 Å². The molecule has 0 radical (unpaired) electrons. The number of nitrogens with one attached hydrogen (secondary N) is 1. The van der Waals surface area contributed by atoms with Crippen LogP contribution in [0.25, 0.3) is 0 Å². The highest BCUT2D eigenvalue weighted by atomic mass is 16.3. The van der Waals surface area contributed by atoms with Crippen LogP contribution in [0.2, 0.25) is 0 Å². The second-order valence-corrected chi connectivity index (χ2v) is 3.81. The van der Waals surface area contributed by atoms with Crippen LogP contribution in [0.5, 0.6) is 5.75 Å². The van der Waals surface area contributed by atoms with Gasteiger partial charge in [-0.2, -0.15) is 0 Å². The van der Waals surface area contributed by atoms with Crippen molar-refractivity contribution in [2.75, 3.05) is 0 Å². The van der Waals surface area contributed by atoms with Crippen molar-refractivity contribution < 1.29 is 5.11 Å². The van der Waals surface area contributed by atoms with Gasteiger partial charge in [0.2, 0.25) is 0 Å². The Morgan fingerprint density at radius 3 is 2.94 bits per heavy atom. The summed E-state index contributed by atoms with van der Waals surface area (Å²) >= 11 is 0. The highest BCUT2D eigenvalue weighted by molar-refractivity contribution is 5.27. The van der Waals surface area contributed by atoms with Crippen LogP contribution in [0.1, 0.15) is 31.2 Å². The van der Waals surface area contributed by atoms with E-state index in [1.54, 1.807) is 12.1 Å². The molecule has 1 atom stereocenters. The molecule has 1 aromatic rings. The average Bonchev–Trinajstić information content (AvgIpc) is 2.28. The Bertz CT molecular complexity index is 382. The molecular formula is C13H18N2O. The van der Waals surface area contributed by atoms with E-state index in [2.05, 4.69) is 23.1 Å². The molecule has 1 rings (SSSR count). The molecule has 0 saturated heterocycles. The number of aryl methyl sites for hydroxylation is 1. The number of nitrogens with zero attached hydrogens (tertiary/aromatic N) is 1. The monoisotopic (exact) mass is 218 g/mol. The molecule has 0 saturated carbocycles. The predicted molar refractivity (Wildman–Crippen MR) is 65.0 cm³/mol. The van der Waals surface area contributed by atoms with Gasteiger partial charge in [-0.3, -0.25) is 10.3 Å². The van der Waals surface area contributed by atoms with E-state index in [1.807, 2.05) is 6.92 Å². The number of hydrogen-bond donors (Lipinski definition) is 2. The summed E-state index contributed by atoms with van der Waals surface area (Å²) in [5.74, 6) is 2.90. The Kier molecular flexibility index (Phi) is 4.81. The van der Waals surface area contributed by atoms with Crippen LogP contribution in [0.15, 0.2) is 12.1 Å². The number of pyridine rings is 1. The minimum absolute atomic E-state index is 0.0479. The van der Waals surface area contributed by atoms with Gasteiger partial charge in [-0.1, -0.05) is 19.3 Å². The zero-order valence-corrected chi connectivity index (χ0v) is 9.83. The zero-order valence-electron chi connectivity index (χ0n) is 9.83. The first-order valence-corrected chi connectivity index (χ1v) is 5.52. The quantitative estimate of drug-likeness (QED) is 0.743. The molecule has 0 spiro atoms. The van der Waals surface area contributed by atoms with E-state index in [-0.39, 0.29) is 11.8 Å². The smallest absolute Gasteiger partial charge is 0.138 e. The summed E-state index contributed by atoms with van der Waals surface area (Å²) in [6, 6.07) is 3.49. The first-order valence-electron chi connectivity index (χ1n) is 5.52. The number of hydrogen-bond acceptors (Lipinski definition) is 3. The van der Waals surface area contributed by atoms with E-state index in [9.17, 15) is 5.11 Å². The first-order chi connectivity index (χ1) is 7.67. The van der Waals surface area contributed by atoms with Gasteiger partial charge in [-0.05, 0) is 25.5 Å². The molecule has 1 heterocycles. The molecular weight excluding hydrogens is 200 g/mol. The molecule has 0 aliphatic rings. The molecule has 3 nitrogen and oxygen atoms in total. The molecule has 16 heavy (non-hydrogen) atoms. The molecule has 3 heteroatoms. The van der Waals surface area contributed by atoms with Gasteiger partial charge in [0.15, 0.2) is 0 Å². The van der Waals surface area contributed by atoms with Crippen molar-refractivity contribution in [2.24, 2.45) is 0 Å². The summed E-state index contributed by atoms with van der Waals surface area (Å²) in [6.07, 6.45) is 7.37.